The van der Waals surface area contributed by atoms with Crippen molar-refractivity contribution in [2.45, 2.75) is 19.8 Å². The number of carbonyl (C=O) groups excluding carboxylic acids is 1. The average molecular weight is 327 g/mol. The largest absolute Gasteiger partial charge is 0.368 e. The number of rotatable bonds is 5. The predicted octanol–water partition coefficient (Wildman–Crippen LogP) is 3.35. The highest BCUT2D eigenvalue weighted by molar-refractivity contribution is 6.31. The summed E-state index contributed by atoms with van der Waals surface area (Å²) in [6.07, 6.45) is 0.773. The molecule has 0 radical (unpaired) electrons. The van der Waals surface area contributed by atoms with Crippen molar-refractivity contribution < 1.29 is 4.79 Å². The van der Waals surface area contributed by atoms with Crippen LogP contribution in [-0.2, 0) is 17.6 Å². The minimum Gasteiger partial charge on any atom is -0.368 e. The number of amidine groups is 1. The lowest BCUT2D eigenvalue weighted by molar-refractivity contribution is -0.117. The molecule has 0 saturated carbocycles. The number of halogens is 1. The normalized spacial score (nSPS) is 13.6. The van der Waals surface area contributed by atoms with Crippen LogP contribution in [0.2, 0.25) is 5.02 Å². The molecule has 4 heteroatoms. The molecule has 0 spiro atoms. The summed E-state index contributed by atoms with van der Waals surface area (Å²) in [6.45, 7) is 3.69. The summed E-state index contributed by atoms with van der Waals surface area (Å²) in [5.74, 6) is 1.08. The molecule has 2 aromatic rings. The number of Topliss-reactive ketones (excluding diaryl/α,β-unsaturated/α-hetero) is 1. The number of aliphatic imine (C=N–C) groups is 1. The third-order valence-electron chi connectivity index (χ3n) is 3.86. The first-order valence-corrected chi connectivity index (χ1v) is 8.14. The number of benzene rings is 2. The molecule has 0 aromatic heterocycles. The van der Waals surface area contributed by atoms with Crippen LogP contribution in [0.1, 0.15) is 22.3 Å². The van der Waals surface area contributed by atoms with Gasteiger partial charge in [0.05, 0.1) is 6.54 Å². The van der Waals surface area contributed by atoms with Crippen molar-refractivity contribution in [2.24, 2.45) is 4.99 Å². The van der Waals surface area contributed by atoms with Crippen LogP contribution in [0.15, 0.2) is 47.5 Å². The summed E-state index contributed by atoms with van der Waals surface area (Å²) in [7, 11) is 0. The maximum atomic E-state index is 12.4. The van der Waals surface area contributed by atoms with Gasteiger partial charge in [0.25, 0.3) is 0 Å². The third-order valence-corrected chi connectivity index (χ3v) is 4.23. The average Bonchev–Trinajstić information content (AvgIpc) is 3.05. The van der Waals surface area contributed by atoms with Crippen LogP contribution < -0.4 is 5.32 Å². The van der Waals surface area contributed by atoms with Crippen LogP contribution in [0, 0.1) is 6.92 Å². The van der Waals surface area contributed by atoms with Crippen molar-refractivity contribution in [2.75, 3.05) is 13.1 Å². The molecule has 2 aromatic carbocycles. The van der Waals surface area contributed by atoms with Crippen LogP contribution >= 0.6 is 11.6 Å². The van der Waals surface area contributed by atoms with Gasteiger partial charge in [-0.3, -0.25) is 9.79 Å². The summed E-state index contributed by atoms with van der Waals surface area (Å²) in [6, 6.07) is 13.8. The molecule has 118 valence electrons. The van der Waals surface area contributed by atoms with Crippen LogP contribution in [-0.4, -0.2) is 24.7 Å². The Hall–Kier alpha value is -2.13. The zero-order valence-electron chi connectivity index (χ0n) is 13.1. The van der Waals surface area contributed by atoms with Gasteiger partial charge in [0.15, 0.2) is 0 Å². The molecular formula is C19H19ClN2O. The number of carbonyl (C=O) groups is 1. The lowest BCUT2D eigenvalue weighted by Gasteiger charge is -2.07. The maximum absolute atomic E-state index is 12.4. The van der Waals surface area contributed by atoms with Gasteiger partial charge >= 0.3 is 0 Å². The fourth-order valence-electron chi connectivity index (χ4n) is 2.76. The summed E-state index contributed by atoms with van der Waals surface area (Å²) >= 11 is 6.18. The highest BCUT2D eigenvalue weighted by Gasteiger charge is 2.11. The fraction of sp³-hybridized carbons (Fsp3) is 0.263. The summed E-state index contributed by atoms with van der Waals surface area (Å²) in [4.78, 5) is 16.8. The first kappa shape index (κ1) is 15.8. The molecule has 0 fully saturated rings. The Labute approximate surface area is 141 Å². The Morgan fingerprint density at radius 3 is 2.87 bits per heavy atom. The smallest absolute Gasteiger partial charge is 0.141 e. The molecule has 0 amide bonds. The summed E-state index contributed by atoms with van der Waals surface area (Å²) in [5, 5.41) is 3.91. The third kappa shape index (κ3) is 3.99. The number of aryl methyl sites for hydroxylation is 1. The van der Waals surface area contributed by atoms with E-state index in [9.17, 15) is 4.79 Å². The van der Waals surface area contributed by atoms with E-state index >= 15 is 0 Å². The summed E-state index contributed by atoms with van der Waals surface area (Å²) < 4.78 is 0. The topological polar surface area (TPSA) is 41.5 Å². The molecule has 0 aliphatic carbocycles. The van der Waals surface area contributed by atoms with Gasteiger partial charge in [-0.15, -0.1) is 0 Å². The Morgan fingerprint density at radius 2 is 2.09 bits per heavy atom. The maximum Gasteiger partial charge on any atom is 0.141 e. The van der Waals surface area contributed by atoms with Crippen molar-refractivity contribution in [1.82, 2.24) is 5.32 Å². The monoisotopic (exact) mass is 326 g/mol. The molecule has 0 saturated heterocycles. The number of nitrogens with zero attached hydrogens (tertiary/aromatic N) is 1. The van der Waals surface area contributed by atoms with Gasteiger partial charge in [0.2, 0.25) is 0 Å². The minimum atomic E-state index is 0.163. The lowest BCUT2D eigenvalue weighted by Crippen LogP contribution is -2.19. The SMILES string of the molecule is Cc1ccc(Cl)c(CC(=O)Cc2cccc(C3=NCCN3)c2)c1. The minimum absolute atomic E-state index is 0.163. The molecule has 0 atom stereocenters. The van der Waals surface area contributed by atoms with Gasteiger partial charge in [-0.25, -0.2) is 0 Å². The molecule has 3 nitrogen and oxygen atoms in total. The quantitative estimate of drug-likeness (QED) is 0.915. The Kier molecular flexibility index (Phi) is 4.77. The zero-order valence-corrected chi connectivity index (χ0v) is 13.9. The number of nitrogens with one attached hydrogen (secondary N) is 1. The lowest BCUT2D eigenvalue weighted by atomic mass is 10.00. The molecule has 3 rings (SSSR count). The van der Waals surface area contributed by atoms with Crippen LogP contribution in [0.25, 0.3) is 0 Å². The van der Waals surface area contributed by atoms with Gasteiger partial charge in [-0.05, 0) is 30.2 Å². The van der Waals surface area contributed by atoms with E-state index in [0.717, 1.165) is 41.2 Å². The number of ketones is 1. The van der Waals surface area contributed by atoms with Gasteiger partial charge in [-0.2, -0.15) is 0 Å². The van der Waals surface area contributed by atoms with Crippen LogP contribution in [0.3, 0.4) is 0 Å². The zero-order chi connectivity index (χ0) is 16.2. The Bertz CT molecular complexity index is 768. The van der Waals surface area contributed by atoms with Crippen molar-refractivity contribution in [3.63, 3.8) is 0 Å². The highest BCUT2D eigenvalue weighted by Crippen LogP contribution is 2.19. The second-order valence-corrected chi connectivity index (χ2v) is 6.25. The van der Waals surface area contributed by atoms with E-state index in [-0.39, 0.29) is 5.78 Å². The highest BCUT2D eigenvalue weighted by atomic mass is 35.5. The first-order chi connectivity index (χ1) is 11.1. The van der Waals surface area contributed by atoms with E-state index in [1.807, 2.05) is 49.4 Å². The van der Waals surface area contributed by atoms with Crippen molar-refractivity contribution >= 4 is 23.2 Å². The number of hydrogen-bond donors (Lipinski definition) is 1. The number of hydrogen-bond acceptors (Lipinski definition) is 3. The van der Waals surface area contributed by atoms with Gasteiger partial charge in [0, 0.05) is 30.0 Å². The second-order valence-electron chi connectivity index (χ2n) is 5.84. The first-order valence-electron chi connectivity index (χ1n) is 7.76. The predicted molar refractivity (Wildman–Crippen MR) is 94.5 cm³/mol. The fourth-order valence-corrected chi connectivity index (χ4v) is 2.95. The van der Waals surface area contributed by atoms with E-state index in [2.05, 4.69) is 10.3 Å². The molecular weight excluding hydrogens is 308 g/mol. The van der Waals surface area contributed by atoms with E-state index in [0.29, 0.717) is 17.9 Å². The van der Waals surface area contributed by atoms with Crippen LogP contribution in [0.5, 0.6) is 0 Å². The van der Waals surface area contributed by atoms with Crippen LogP contribution in [0.4, 0.5) is 0 Å². The van der Waals surface area contributed by atoms with Gasteiger partial charge < -0.3 is 5.32 Å². The van der Waals surface area contributed by atoms with E-state index in [1.54, 1.807) is 0 Å². The standard InChI is InChI=1S/C19H19ClN2O/c1-13-5-6-18(20)16(9-13)12-17(23)11-14-3-2-4-15(10-14)19-21-7-8-22-19/h2-6,9-10H,7-8,11-12H2,1H3,(H,21,22). The molecule has 1 aliphatic rings. The van der Waals surface area contributed by atoms with Crippen molar-refractivity contribution in [1.29, 1.82) is 0 Å². The van der Waals surface area contributed by atoms with E-state index in [4.69, 9.17) is 11.6 Å². The molecule has 0 unspecified atom stereocenters. The molecule has 23 heavy (non-hydrogen) atoms. The Balaban J connectivity index is 1.70. The second kappa shape index (κ2) is 6.97. The molecule has 0 bridgehead atoms. The molecule has 1 N–H and O–H groups in total. The van der Waals surface area contributed by atoms with E-state index < -0.39 is 0 Å². The van der Waals surface area contributed by atoms with Crippen molar-refractivity contribution in [3.05, 3.63) is 69.7 Å². The summed E-state index contributed by atoms with van der Waals surface area (Å²) in [5.41, 5.74) is 4.06. The van der Waals surface area contributed by atoms with Crippen molar-refractivity contribution in [3.8, 4) is 0 Å². The molecule has 1 aliphatic heterocycles. The van der Waals surface area contributed by atoms with Gasteiger partial charge in [-0.1, -0.05) is 47.5 Å². The Morgan fingerprint density at radius 1 is 1.22 bits per heavy atom. The molecule has 1 heterocycles. The van der Waals surface area contributed by atoms with E-state index in [1.165, 1.54) is 0 Å². The van der Waals surface area contributed by atoms with Gasteiger partial charge in [0.1, 0.15) is 11.6 Å².